The average molecular weight is 467 g/mol. The summed E-state index contributed by atoms with van der Waals surface area (Å²) in [7, 11) is 0. The zero-order valence-corrected chi connectivity index (χ0v) is 22.0. The van der Waals surface area contributed by atoms with Crippen molar-refractivity contribution in [3.05, 3.63) is 12.2 Å². The van der Waals surface area contributed by atoms with Crippen LogP contribution in [-0.2, 0) is 14.3 Å². The molecule has 0 aliphatic rings. The number of rotatable bonds is 25. The standard InChI is InChI=1S/C29H54O4/c1-3-5-7-9-10-11-12-13-14-15-16-22-26-29(32)33-27(23-19-8-6-4-2)24-20-17-18-21-25-28(30)31/h9-10,27H,3-8,11-26H2,1-2H3,(H,30,31)/b10-9-. The van der Waals surface area contributed by atoms with E-state index in [0.29, 0.717) is 6.42 Å². The van der Waals surface area contributed by atoms with Crippen LogP contribution in [0.25, 0.3) is 0 Å². The number of hydrogen-bond acceptors (Lipinski definition) is 3. The van der Waals surface area contributed by atoms with Crippen molar-refractivity contribution in [2.75, 3.05) is 0 Å². The number of carbonyl (C=O) groups excluding carboxylic acids is 1. The lowest BCUT2D eigenvalue weighted by Gasteiger charge is -2.18. The highest BCUT2D eigenvalue weighted by Crippen LogP contribution is 2.17. The van der Waals surface area contributed by atoms with Crippen molar-refractivity contribution >= 4 is 11.9 Å². The minimum atomic E-state index is -0.715. The van der Waals surface area contributed by atoms with Crippen LogP contribution in [0.1, 0.15) is 155 Å². The van der Waals surface area contributed by atoms with Crippen LogP contribution in [0.5, 0.6) is 0 Å². The van der Waals surface area contributed by atoms with Gasteiger partial charge >= 0.3 is 11.9 Å². The topological polar surface area (TPSA) is 63.6 Å². The van der Waals surface area contributed by atoms with Gasteiger partial charge in [0.1, 0.15) is 6.10 Å². The normalized spacial score (nSPS) is 12.3. The molecule has 1 N–H and O–H groups in total. The molecule has 0 saturated heterocycles. The fourth-order valence-corrected chi connectivity index (χ4v) is 4.10. The monoisotopic (exact) mass is 466 g/mol. The summed E-state index contributed by atoms with van der Waals surface area (Å²) in [5.41, 5.74) is 0. The van der Waals surface area contributed by atoms with Crippen LogP contribution in [0.4, 0.5) is 0 Å². The molecule has 0 bridgehead atoms. The van der Waals surface area contributed by atoms with E-state index in [0.717, 1.165) is 57.8 Å². The first-order chi connectivity index (χ1) is 16.1. The molecule has 1 unspecified atom stereocenters. The van der Waals surface area contributed by atoms with Crippen LogP contribution in [0, 0.1) is 0 Å². The molecule has 194 valence electrons. The Hall–Kier alpha value is -1.32. The number of hydrogen-bond donors (Lipinski definition) is 1. The number of allylic oxidation sites excluding steroid dienone is 2. The number of ether oxygens (including phenoxy) is 1. The van der Waals surface area contributed by atoms with Crippen molar-refractivity contribution in [3.8, 4) is 0 Å². The number of unbranched alkanes of at least 4 members (excludes halogenated alkanes) is 14. The van der Waals surface area contributed by atoms with Gasteiger partial charge in [-0.05, 0) is 57.8 Å². The van der Waals surface area contributed by atoms with Crippen molar-refractivity contribution in [1.29, 1.82) is 0 Å². The predicted octanol–water partition coefficient (Wildman–Crippen LogP) is 9.16. The third-order valence-corrected chi connectivity index (χ3v) is 6.24. The van der Waals surface area contributed by atoms with E-state index < -0.39 is 5.97 Å². The second-order valence-electron chi connectivity index (χ2n) is 9.58. The molecule has 0 amide bonds. The Morgan fingerprint density at radius 1 is 0.636 bits per heavy atom. The lowest BCUT2D eigenvalue weighted by Crippen LogP contribution is -2.18. The summed E-state index contributed by atoms with van der Waals surface area (Å²) in [5, 5.41) is 8.72. The van der Waals surface area contributed by atoms with Crippen molar-refractivity contribution < 1.29 is 19.4 Å². The van der Waals surface area contributed by atoms with Gasteiger partial charge in [-0.3, -0.25) is 9.59 Å². The second-order valence-corrected chi connectivity index (χ2v) is 9.58. The maximum absolute atomic E-state index is 12.3. The van der Waals surface area contributed by atoms with E-state index in [1.54, 1.807) is 0 Å². The Bertz CT molecular complexity index is 472. The molecule has 0 spiro atoms. The minimum absolute atomic E-state index is 0.0291. The van der Waals surface area contributed by atoms with E-state index in [4.69, 9.17) is 9.84 Å². The first-order valence-corrected chi connectivity index (χ1v) is 14.2. The molecule has 0 fully saturated rings. The summed E-state index contributed by atoms with van der Waals surface area (Å²) in [4.78, 5) is 22.9. The molecular formula is C29H54O4. The average Bonchev–Trinajstić information content (AvgIpc) is 2.79. The molecule has 1 atom stereocenters. The molecule has 0 aromatic carbocycles. The molecule has 4 heteroatoms. The van der Waals surface area contributed by atoms with Crippen LogP contribution in [-0.4, -0.2) is 23.1 Å². The highest BCUT2D eigenvalue weighted by atomic mass is 16.5. The molecular weight excluding hydrogens is 412 g/mol. The van der Waals surface area contributed by atoms with E-state index >= 15 is 0 Å². The van der Waals surface area contributed by atoms with Crippen molar-refractivity contribution in [1.82, 2.24) is 0 Å². The van der Waals surface area contributed by atoms with E-state index in [9.17, 15) is 9.59 Å². The molecule has 0 aliphatic heterocycles. The van der Waals surface area contributed by atoms with Gasteiger partial charge in [-0.25, -0.2) is 0 Å². The third kappa shape index (κ3) is 25.1. The van der Waals surface area contributed by atoms with E-state index in [1.807, 2.05) is 0 Å². The van der Waals surface area contributed by atoms with E-state index in [-0.39, 0.29) is 18.5 Å². The molecule has 33 heavy (non-hydrogen) atoms. The van der Waals surface area contributed by atoms with Gasteiger partial charge in [-0.15, -0.1) is 0 Å². The summed E-state index contributed by atoms with van der Waals surface area (Å²) >= 11 is 0. The molecule has 0 aromatic rings. The van der Waals surface area contributed by atoms with Gasteiger partial charge in [0, 0.05) is 12.8 Å². The largest absolute Gasteiger partial charge is 0.481 e. The zero-order valence-electron chi connectivity index (χ0n) is 22.0. The van der Waals surface area contributed by atoms with Gasteiger partial charge in [-0.1, -0.05) is 96.6 Å². The van der Waals surface area contributed by atoms with Gasteiger partial charge in [0.15, 0.2) is 0 Å². The molecule has 0 aliphatic carbocycles. The Labute approximate surface area is 204 Å². The maximum Gasteiger partial charge on any atom is 0.306 e. The molecule has 0 heterocycles. The first kappa shape index (κ1) is 31.7. The quantitative estimate of drug-likeness (QED) is 0.0827. The zero-order chi connectivity index (χ0) is 24.4. The Morgan fingerprint density at radius 3 is 1.73 bits per heavy atom. The number of carboxylic acid groups (broad SMARTS) is 1. The predicted molar refractivity (Wildman–Crippen MR) is 140 cm³/mol. The van der Waals surface area contributed by atoms with Gasteiger partial charge < -0.3 is 9.84 Å². The van der Waals surface area contributed by atoms with Crippen LogP contribution in [0.15, 0.2) is 12.2 Å². The summed E-state index contributed by atoms with van der Waals surface area (Å²) in [5.74, 6) is -0.744. The van der Waals surface area contributed by atoms with E-state index in [2.05, 4.69) is 26.0 Å². The lowest BCUT2D eigenvalue weighted by atomic mass is 10.0. The van der Waals surface area contributed by atoms with Crippen LogP contribution >= 0.6 is 0 Å². The number of carboxylic acids is 1. The molecule has 0 aromatic heterocycles. The molecule has 0 rings (SSSR count). The highest BCUT2D eigenvalue weighted by molar-refractivity contribution is 5.69. The van der Waals surface area contributed by atoms with Gasteiger partial charge in [0.2, 0.25) is 0 Å². The van der Waals surface area contributed by atoms with Crippen molar-refractivity contribution in [3.63, 3.8) is 0 Å². The molecule has 0 saturated carbocycles. The number of carbonyl (C=O) groups is 2. The third-order valence-electron chi connectivity index (χ3n) is 6.24. The number of esters is 1. The van der Waals surface area contributed by atoms with Gasteiger partial charge in [0.25, 0.3) is 0 Å². The lowest BCUT2D eigenvalue weighted by molar-refractivity contribution is -0.150. The Morgan fingerprint density at radius 2 is 1.12 bits per heavy atom. The van der Waals surface area contributed by atoms with Crippen LogP contribution < -0.4 is 0 Å². The van der Waals surface area contributed by atoms with Gasteiger partial charge in [-0.2, -0.15) is 0 Å². The second kappa shape index (κ2) is 25.3. The summed E-state index contributed by atoms with van der Waals surface area (Å²) in [6, 6.07) is 0. The first-order valence-electron chi connectivity index (χ1n) is 14.2. The summed E-state index contributed by atoms with van der Waals surface area (Å²) in [6.45, 7) is 4.44. The summed E-state index contributed by atoms with van der Waals surface area (Å²) in [6.07, 6.45) is 28.0. The molecule has 4 nitrogen and oxygen atoms in total. The highest BCUT2D eigenvalue weighted by Gasteiger charge is 2.14. The Balaban J connectivity index is 3.87. The Kier molecular flexibility index (Phi) is 24.3. The van der Waals surface area contributed by atoms with Crippen LogP contribution in [0.2, 0.25) is 0 Å². The fraction of sp³-hybridized carbons (Fsp3) is 0.862. The van der Waals surface area contributed by atoms with Crippen LogP contribution in [0.3, 0.4) is 0 Å². The minimum Gasteiger partial charge on any atom is -0.481 e. The van der Waals surface area contributed by atoms with Crippen molar-refractivity contribution in [2.45, 2.75) is 161 Å². The number of aliphatic carboxylic acids is 1. The maximum atomic E-state index is 12.3. The fourth-order valence-electron chi connectivity index (χ4n) is 4.10. The van der Waals surface area contributed by atoms with Gasteiger partial charge in [0.05, 0.1) is 0 Å². The SMILES string of the molecule is CCCC/C=C\CCCCCCCCC(=O)OC(CCCCCC)CCCCCCC(=O)O. The smallest absolute Gasteiger partial charge is 0.306 e. The van der Waals surface area contributed by atoms with E-state index in [1.165, 1.54) is 70.6 Å². The summed E-state index contributed by atoms with van der Waals surface area (Å²) < 4.78 is 5.83. The van der Waals surface area contributed by atoms with Crippen molar-refractivity contribution in [2.24, 2.45) is 0 Å². The molecule has 0 radical (unpaired) electrons.